The van der Waals surface area contributed by atoms with Gasteiger partial charge in [0.25, 0.3) is 0 Å². The van der Waals surface area contributed by atoms with E-state index in [0.717, 1.165) is 18.5 Å². The Kier molecular flexibility index (Phi) is 4.14. The minimum atomic E-state index is 0.0346. The van der Waals surface area contributed by atoms with Gasteiger partial charge in [-0.25, -0.2) is 0 Å². The molecule has 2 aromatic rings. The van der Waals surface area contributed by atoms with E-state index in [1.165, 1.54) is 16.8 Å². The molecule has 0 aromatic heterocycles. The summed E-state index contributed by atoms with van der Waals surface area (Å²) in [6.45, 7) is 4.62. The summed E-state index contributed by atoms with van der Waals surface area (Å²) in [5.74, 6) is 0.0346. The van der Waals surface area contributed by atoms with Crippen LogP contribution in [0.1, 0.15) is 24.5 Å². The Morgan fingerprint density at radius 2 is 1.91 bits per heavy atom. The van der Waals surface area contributed by atoms with E-state index in [0.29, 0.717) is 12.6 Å². The van der Waals surface area contributed by atoms with Crippen LogP contribution in [0, 0.1) is 6.92 Å². The molecule has 0 saturated carbocycles. The second-order valence-electron chi connectivity index (χ2n) is 6.06. The summed E-state index contributed by atoms with van der Waals surface area (Å²) in [5.41, 5.74) is 4.58. The second-order valence-corrected chi connectivity index (χ2v) is 6.06. The van der Waals surface area contributed by atoms with Gasteiger partial charge in [-0.3, -0.25) is 4.79 Å². The van der Waals surface area contributed by atoms with E-state index in [1.54, 1.807) is 0 Å². The van der Waals surface area contributed by atoms with Gasteiger partial charge in [0.15, 0.2) is 0 Å². The van der Waals surface area contributed by atoms with Crippen molar-refractivity contribution in [1.82, 2.24) is 0 Å². The first-order chi connectivity index (χ1) is 10.6. The molecule has 1 amide bonds. The summed E-state index contributed by atoms with van der Waals surface area (Å²) in [6, 6.07) is 16.7. The molecule has 0 bridgehead atoms. The van der Waals surface area contributed by atoms with Gasteiger partial charge < -0.3 is 10.2 Å². The Morgan fingerprint density at radius 1 is 1.18 bits per heavy atom. The van der Waals surface area contributed by atoms with Crippen LogP contribution in [0.5, 0.6) is 0 Å². The van der Waals surface area contributed by atoms with Crippen LogP contribution in [-0.2, 0) is 11.2 Å². The van der Waals surface area contributed by atoms with Crippen LogP contribution in [0.25, 0.3) is 0 Å². The summed E-state index contributed by atoms with van der Waals surface area (Å²) in [7, 11) is 0. The predicted molar refractivity (Wildman–Crippen MR) is 91.4 cm³/mol. The van der Waals surface area contributed by atoms with E-state index >= 15 is 0 Å². The third-order valence-electron chi connectivity index (χ3n) is 4.31. The molecule has 1 N–H and O–H groups in total. The molecular formula is C19H22N2O. The van der Waals surface area contributed by atoms with Gasteiger partial charge in [0, 0.05) is 17.4 Å². The van der Waals surface area contributed by atoms with Crippen molar-refractivity contribution in [2.24, 2.45) is 0 Å². The van der Waals surface area contributed by atoms with E-state index in [2.05, 4.69) is 35.3 Å². The Morgan fingerprint density at radius 3 is 2.68 bits per heavy atom. The quantitative estimate of drug-likeness (QED) is 0.934. The second kappa shape index (κ2) is 6.22. The van der Waals surface area contributed by atoms with Gasteiger partial charge in [-0.1, -0.05) is 35.9 Å². The number of carbonyl (C=O) groups is 1. The number of benzene rings is 2. The van der Waals surface area contributed by atoms with Crippen LogP contribution in [0.15, 0.2) is 48.5 Å². The zero-order chi connectivity index (χ0) is 15.5. The molecule has 0 aliphatic carbocycles. The van der Waals surface area contributed by atoms with Crippen LogP contribution < -0.4 is 10.2 Å². The lowest BCUT2D eigenvalue weighted by Gasteiger charge is -2.36. The Balaban J connectivity index is 1.72. The number of aryl methyl sites for hydroxylation is 2. The fourth-order valence-corrected chi connectivity index (χ4v) is 2.99. The highest BCUT2D eigenvalue weighted by atomic mass is 16.2. The zero-order valence-corrected chi connectivity index (χ0v) is 13.2. The fourth-order valence-electron chi connectivity index (χ4n) is 2.99. The highest BCUT2D eigenvalue weighted by Gasteiger charge is 2.24. The number of carbonyl (C=O) groups excluding carboxylic acids is 1. The first kappa shape index (κ1) is 14.6. The molecule has 0 unspecified atom stereocenters. The van der Waals surface area contributed by atoms with E-state index in [9.17, 15) is 4.79 Å². The summed E-state index contributed by atoms with van der Waals surface area (Å²) in [4.78, 5) is 14.6. The van der Waals surface area contributed by atoms with Crippen molar-refractivity contribution >= 4 is 17.3 Å². The van der Waals surface area contributed by atoms with Crippen molar-refractivity contribution in [3.63, 3.8) is 0 Å². The Labute approximate surface area is 132 Å². The first-order valence-corrected chi connectivity index (χ1v) is 7.84. The Bertz CT molecular complexity index is 663. The van der Waals surface area contributed by atoms with Gasteiger partial charge >= 0.3 is 0 Å². The van der Waals surface area contributed by atoms with E-state index < -0.39 is 0 Å². The highest BCUT2D eigenvalue weighted by molar-refractivity contribution is 5.94. The average molecular weight is 294 g/mol. The molecule has 0 fully saturated rings. The number of nitrogens with one attached hydrogen (secondary N) is 1. The molecule has 3 rings (SSSR count). The molecule has 2 aromatic carbocycles. The van der Waals surface area contributed by atoms with Crippen molar-refractivity contribution in [3.8, 4) is 0 Å². The van der Waals surface area contributed by atoms with Crippen LogP contribution in [-0.4, -0.2) is 18.5 Å². The lowest BCUT2D eigenvalue weighted by Crippen LogP contribution is -2.42. The molecule has 22 heavy (non-hydrogen) atoms. The van der Waals surface area contributed by atoms with Crippen molar-refractivity contribution in [2.45, 2.75) is 32.7 Å². The molecule has 1 atom stereocenters. The maximum absolute atomic E-state index is 12.4. The third kappa shape index (κ3) is 3.14. The molecule has 3 heteroatoms. The van der Waals surface area contributed by atoms with Crippen molar-refractivity contribution in [1.29, 1.82) is 0 Å². The topological polar surface area (TPSA) is 32.3 Å². The zero-order valence-electron chi connectivity index (χ0n) is 13.2. The van der Waals surface area contributed by atoms with Gasteiger partial charge in [-0.2, -0.15) is 0 Å². The molecule has 0 radical (unpaired) electrons. The molecule has 0 saturated heterocycles. The summed E-state index contributed by atoms with van der Waals surface area (Å²) in [6.07, 6.45) is 2.18. The minimum absolute atomic E-state index is 0.0346. The van der Waals surface area contributed by atoms with Gasteiger partial charge in [-0.15, -0.1) is 0 Å². The largest absolute Gasteiger partial charge is 0.359 e. The number of amides is 1. The standard InChI is InChI=1S/C19H22N2O/c1-14-7-11-17(12-8-14)20-19(22)13-21-15(2)9-10-16-5-3-4-6-18(16)21/h3-8,11-12,15H,9-10,13H2,1-2H3,(H,20,22)/t15-/m1/s1. The van der Waals surface area contributed by atoms with Crippen molar-refractivity contribution in [3.05, 3.63) is 59.7 Å². The summed E-state index contributed by atoms with van der Waals surface area (Å²) < 4.78 is 0. The summed E-state index contributed by atoms with van der Waals surface area (Å²) >= 11 is 0. The average Bonchev–Trinajstić information content (AvgIpc) is 2.52. The summed E-state index contributed by atoms with van der Waals surface area (Å²) in [5, 5.41) is 2.99. The maximum Gasteiger partial charge on any atom is 0.243 e. The normalized spacial score (nSPS) is 17.0. The van der Waals surface area contributed by atoms with E-state index in [4.69, 9.17) is 0 Å². The molecule has 114 valence electrons. The predicted octanol–water partition coefficient (Wildman–Crippen LogP) is 3.77. The number of anilines is 2. The number of para-hydroxylation sites is 1. The monoisotopic (exact) mass is 294 g/mol. The lowest BCUT2D eigenvalue weighted by atomic mass is 9.96. The third-order valence-corrected chi connectivity index (χ3v) is 4.31. The molecule has 1 heterocycles. The molecule has 3 nitrogen and oxygen atoms in total. The first-order valence-electron chi connectivity index (χ1n) is 7.84. The molecule has 1 aliphatic rings. The van der Waals surface area contributed by atoms with E-state index in [1.807, 2.05) is 37.3 Å². The van der Waals surface area contributed by atoms with Gasteiger partial charge in [-0.05, 0) is 50.5 Å². The van der Waals surface area contributed by atoms with Gasteiger partial charge in [0.2, 0.25) is 5.91 Å². The number of fused-ring (bicyclic) bond motifs is 1. The molecular weight excluding hydrogens is 272 g/mol. The SMILES string of the molecule is Cc1ccc(NC(=O)CN2c3ccccc3CC[C@H]2C)cc1. The number of nitrogens with zero attached hydrogens (tertiary/aromatic N) is 1. The van der Waals surface area contributed by atoms with Gasteiger partial charge in [0.05, 0.1) is 6.54 Å². The number of rotatable bonds is 3. The van der Waals surface area contributed by atoms with Gasteiger partial charge in [0.1, 0.15) is 0 Å². The minimum Gasteiger partial charge on any atom is -0.359 e. The van der Waals surface area contributed by atoms with Crippen LogP contribution in [0.4, 0.5) is 11.4 Å². The van der Waals surface area contributed by atoms with Crippen LogP contribution >= 0.6 is 0 Å². The highest BCUT2D eigenvalue weighted by Crippen LogP contribution is 2.30. The fraction of sp³-hybridized carbons (Fsp3) is 0.316. The van der Waals surface area contributed by atoms with Crippen LogP contribution in [0.3, 0.4) is 0 Å². The molecule has 1 aliphatic heterocycles. The number of hydrogen-bond acceptors (Lipinski definition) is 2. The van der Waals surface area contributed by atoms with Crippen molar-refractivity contribution in [2.75, 3.05) is 16.8 Å². The maximum atomic E-state index is 12.4. The van der Waals surface area contributed by atoms with Crippen LogP contribution in [0.2, 0.25) is 0 Å². The van der Waals surface area contributed by atoms with E-state index in [-0.39, 0.29) is 5.91 Å². The smallest absolute Gasteiger partial charge is 0.243 e. The Hall–Kier alpha value is -2.29. The van der Waals surface area contributed by atoms with Crippen molar-refractivity contribution < 1.29 is 4.79 Å². The molecule has 0 spiro atoms. The lowest BCUT2D eigenvalue weighted by molar-refractivity contribution is -0.115. The number of hydrogen-bond donors (Lipinski definition) is 1.